The second kappa shape index (κ2) is 2.09. The van der Waals surface area contributed by atoms with Crippen molar-refractivity contribution in [3.63, 3.8) is 0 Å². The van der Waals surface area contributed by atoms with Gasteiger partial charge in [-0.2, -0.15) is 0 Å². The summed E-state index contributed by atoms with van der Waals surface area (Å²) in [5, 5.41) is 4.84. The Kier molecular flexibility index (Phi) is 1.22. The Balaban J connectivity index is 2.91. The minimum absolute atomic E-state index is 0.877. The average molecular weight is 147 g/mol. The van der Waals surface area contributed by atoms with E-state index >= 15 is 0 Å². The minimum atomic E-state index is 0.877. The van der Waals surface area contributed by atoms with Crippen molar-refractivity contribution in [2.75, 3.05) is 0 Å². The van der Waals surface area contributed by atoms with Crippen LogP contribution in [0.5, 0.6) is 0 Å². The number of rotatable bonds is 0. The quantitative estimate of drug-likeness (QED) is 0.572. The van der Waals surface area contributed by atoms with Crippen LogP contribution in [0.4, 0.5) is 0 Å². The largest absolute Gasteiger partial charge is 0.356 e. The van der Waals surface area contributed by atoms with Crippen molar-refractivity contribution in [3.05, 3.63) is 29.5 Å². The lowest BCUT2D eigenvalue weighted by molar-refractivity contribution is 0.456. The molecule has 56 valence electrons. The lowest BCUT2D eigenvalue weighted by atomic mass is 10.1. The van der Waals surface area contributed by atoms with Crippen LogP contribution in [0.1, 0.15) is 11.1 Å². The summed E-state index contributed by atoms with van der Waals surface area (Å²) in [5.74, 6) is 0. The maximum atomic E-state index is 5.03. The van der Waals surface area contributed by atoms with Crippen LogP contribution in [0.15, 0.2) is 22.9 Å². The second-order valence-electron chi connectivity index (χ2n) is 2.82. The molecule has 0 fully saturated rings. The zero-order valence-electron chi connectivity index (χ0n) is 6.59. The molecule has 1 heterocycles. The standard InChI is InChI=1S/C9H9NO/c1-6-3-7(2)8-5-10-11-9(8)4-6/h3-5H,1-2H3. The average Bonchev–Trinajstić information content (AvgIpc) is 2.34. The van der Waals surface area contributed by atoms with Crippen LogP contribution in [0.2, 0.25) is 0 Å². The van der Waals surface area contributed by atoms with Crippen molar-refractivity contribution >= 4 is 11.0 Å². The number of fused-ring (bicyclic) bond motifs is 1. The summed E-state index contributed by atoms with van der Waals surface area (Å²) in [6.07, 6.45) is 1.75. The first-order chi connectivity index (χ1) is 5.27. The van der Waals surface area contributed by atoms with E-state index in [-0.39, 0.29) is 0 Å². The monoisotopic (exact) mass is 147 g/mol. The van der Waals surface area contributed by atoms with E-state index in [1.807, 2.05) is 6.07 Å². The molecule has 0 aliphatic heterocycles. The van der Waals surface area contributed by atoms with Crippen LogP contribution in [-0.2, 0) is 0 Å². The molecule has 0 unspecified atom stereocenters. The van der Waals surface area contributed by atoms with Crippen molar-refractivity contribution in [2.24, 2.45) is 0 Å². The van der Waals surface area contributed by atoms with Crippen molar-refractivity contribution in [3.8, 4) is 0 Å². The van der Waals surface area contributed by atoms with Gasteiger partial charge in [-0.1, -0.05) is 11.2 Å². The summed E-state index contributed by atoms with van der Waals surface area (Å²) in [7, 11) is 0. The van der Waals surface area contributed by atoms with Crippen molar-refractivity contribution < 1.29 is 4.52 Å². The Morgan fingerprint density at radius 1 is 1.27 bits per heavy atom. The van der Waals surface area contributed by atoms with E-state index < -0.39 is 0 Å². The molecule has 1 aromatic carbocycles. The predicted octanol–water partition coefficient (Wildman–Crippen LogP) is 2.44. The van der Waals surface area contributed by atoms with Gasteiger partial charge in [0, 0.05) is 5.39 Å². The van der Waals surface area contributed by atoms with Gasteiger partial charge >= 0.3 is 0 Å². The number of nitrogens with zero attached hydrogens (tertiary/aromatic N) is 1. The molecular weight excluding hydrogens is 138 g/mol. The highest BCUT2D eigenvalue weighted by atomic mass is 16.5. The highest BCUT2D eigenvalue weighted by Crippen LogP contribution is 2.19. The molecule has 11 heavy (non-hydrogen) atoms. The Morgan fingerprint density at radius 3 is 2.91 bits per heavy atom. The fourth-order valence-electron chi connectivity index (χ4n) is 1.32. The van der Waals surface area contributed by atoms with Crippen LogP contribution < -0.4 is 0 Å². The van der Waals surface area contributed by atoms with E-state index in [0.717, 1.165) is 11.0 Å². The molecule has 0 spiro atoms. The lowest BCUT2D eigenvalue weighted by Gasteiger charge is -1.94. The summed E-state index contributed by atoms with van der Waals surface area (Å²) in [5.41, 5.74) is 3.32. The van der Waals surface area contributed by atoms with Gasteiger partial charge in [0.05, 0.1) is 6.20 Å². The first-order valence-corrected chi connectivity index (χ1v) is 3.59. The van der Waals surface area contributed by atoms with Crippen LogP contribution >= 0.6 is 0 Å². The van der Waals surface area contributed by atoms with Crippen LogP contribution in [0.25, 0.3) is 11.0 Å². The molecule has 2 aromatic rings. The van der Waals surface area contributed by atoms with Gasteiger partial charge in [-0.3, -0.25) is 0 Å². The van der Waals surface area contributed by atoms with Gasteiger partial charge in [-0.15, -0.1) is 0 Å². The van der Waals surface area contributed by atoms with Gasteiger partial charge in [0.1, 0.15) is 0 Å². The van der Waals surface area contributed by atoms with Crippen molar-refractivity contribution in [2.45, 2.75) is 13.8 Å². The third-order valence-electron chi connectivity index (χ3n) is 1.83. The zero-order valence-corrected chi connectivity index (χ0v) is 6.59. The van der Waals surface area contributed by atoms with Crippen LogP contribution in [0, 0.1) is 13.8 Å². The molecular formula is C9H9NO. The third-order valence-corrected chi connectivity index (χ3v) is 1.83. The smallest absolute Gasteiger partial charge is 0.167 e. The lowest BCUT2D eigenvalue weighted by Crippen LogP contribution is -1.76. The molecule has 0 amide bonds. The fourth-order valence-corrected chi connectivity index (χ4v) is 1.32. The third kappa shape index (κ3) is 0.909. The molecule has 2 rings (SSSR count). The van der Waals surface area contributed by atoms with E-state index in [4.69, 9.17) is 4.52 Å². The van der Waals surface area contributed by atoms with Gasteiger partial charge in [0.15, 0.2) is 5.58 Å². The number of hydrogen-bond donors (Lipinski definition) is 0. The summed E-state index contributed by atoms with van der Waals surface area (Å²) in [4.78, 5) is 0. The molecule has 2 nitrogen and oxygen atoms in total. The van der Waals surface area contributed by atoms with Gasteiger partial charge in [-0.05, 0) is 31.0 Å². The Labute approximate surface area is 64.8 Å². The number of hydrogen-bond acceptors (Lipinski definition) is 2. The Hall–Kier alpha value is -1.31. The molecule has 2 heteroatoms. The highest BCUT2D eigenvalue weighted by molar-refractivity contribution is 5.80. The van der Waals surface area contributed by atoms with E-state index in [1.54, 1.807) is 6.20 Å². The van der Waals surface area contributed by atoms with Crippen molar-refractivity contribution in [1.29, 1.82) is 0 Å². The number of aryl methyl sites for hydroxylation is 2. The van der Waals surface area contributed by atoms with E-state index in [1.165, 1.54) is 11.1 Å². The molecule has 0 N–H and O–H groups in total. The topological polar surface area (TPSA) is 26.0 Å². The van der Waals surface area contributed by atoms with Crippen LogP contribution in [-0.4, -0.2) is 5.16 Å². The van der Waals surface area contributed by atoms with Gasteiger partial charge in [0.2, 0.25) is 0 Å². The molecule has 0 aliphatic rings. The van der Waals surface area contributed by atoms with Crippen molar-refractivity contribution in [1.82, 2.24) is 5.16 Å². The Bertz CT molecular complexity index is 389. The molecule has 0 saturated heterocycles. The van der Waals surface area contributed by atoms with E-state index in [9.17, 15) is 0 Å². The second-order valence-corrected chi connectivity index (χ2v) is 2.82. The van der Waals surface area contributed by atoms with Crippen LogP contribution in [0.3, 0.4) is 0 Å². The van der Waals surface area contributed by atoms with Gasteiger partial charge < -0.3 is 4.52 Å². The summed E-state index contributed by atoms with van der Waals surface area (Å²) < 4.78 is 5.03. The van der Waals surface area contributed by atoms with Gasteiger partial charge in [0.25, 0.3) is 0 Å². The molecule has 0 radical (unpaired) electrons. The number of benzene rings is 1. The highest BCUT2D eigenvalue weighted by Gasteiger charge is 2.01. The summed E-state index contributed by atoms with van der Waals surface area (Å²) >= 11 is 0. The molecule has 0 atom stereocenters. The SMILES string of the molecule is Cc1cc(C)c2cnoc2c1. The predicted molar refractivity (Wildman–Crippen MR) is 43.5 cm³/mol. The maximum Gasteiger partial charge on any atom is 0.167 e. The van der Waals surface area contributed by atoms with E-state index in [0.29, 0.717) is 0 Å². The molecule has 0 aliphatic carbocycles. The molecule has 0 bridgehead atoms. The van der Waals surface area contributed by atoms with E-state index in [2.05, 4.69) is 25.1 Å². The normalized spacial score (nSPS) is 10.7. The zero-order chi connectivity index (χ0) is 7.84. The first kappa shape index (κ1) is 6.40. The maximum absolute atomic E-state index is 5.03. The fraction of sp³-hybridized carbons (Fsp3) is 0.222. The van der Waals surface area contributed by atoms with Gasteiger partial charge in [-0.25, -0.2) is 0 Å². The summed E-state index contributed by atoms with van der Waals surface area (Å²) in [6.45, 7) is 4.11. The minimum Gasteiger partial charge on any atom is -0.356 e. The molecule has 0 saturated carbocycles. The Morgan fingerprint density at radius 2 is 2.09 bits per heavy atom. The number of aromatic nitrogens is 1. The summed E-state index contributed by atoms with van der Waals surface area (Å²) in [6, 6.07) is 4.12. The first-order valence-electron chi connectivity index (χ1n) is 3.59. The molecule has 1 aromatic heterocycles.